The van der Waals surface area contributed by atoms with Gasteiger partial charge in [-0.05, 0) is 25.2 Å². The second kappa shape index (κ2) is 4.39. The third-order valence-electron chi connectivity index (χ3n) is 3.46. The summed E-state index contributed by atoms with van der Waals surface area (Å²) in [6.07, 6.45) is 5.32. The summed E-state index contributed by atoms with van der Waals surface area (Å²) in [7, 11) is 0. The van der Waals surface area contributed by atoms with Crippen LogP contribution in [0.4, 0.5) is 5.82 Å². The first-order valence-electron chi connectivity index (χ1n) is 6.03. The summed E-state index contributed by atoms with van der Waals surface area (Å²) < 4.78 is 6.75. The smallest absolute Gasteiger partial charge is 0.360 e. The SMILES string of the molecule is CCOC(=O)c1ncn(CC2(C)CCC2)c1N. The molecule has 94 valence electrons. The van der Waals surface area contributed by atoms with E-state index < -0.39 is 5.97 Å². The van der Waals surface area contributed by atoms with Gasteiger partial charge in [0.05, 0.1) is 12.9 Å². The summed E-state index contributed by atoms with van der Waals surface area (Å²) >= 11 is 0. The Labute approximate surface area is 101 Å². The van der Waals surface area contributed by atoms with Crippen molar-refractivity contribution in [3.05, 3.63) is 12.0 Å². The number of nitrogens with zero attached hydrogens (tertiary/aromatic N) is 2. The third-order valence-corrected chi connectivity index (χ3v) is 3.46. The van der Waals surface area contributed by atoms with E-state index in [0.29, 0.717) is 17.8 Å². The maximum atomic E-state index is 11.5. The minimum Gasteiger partial charge on any atom is -0.461 e. The van der Waals surface area contributed by atoms with Crippen LogP contribution in [0.3, 0.4) is 0 Å². The molecule has 0 amide bonds. The van der Waals surface area contributed by atoms with E-state index in [1.807, 2.05) is 4.57 Å². The molecule has 1 saturated carbocycles. The van der Waals surface area contributed by atoms with Gasteiger partial charge in [0, 0.05) is 6.54 Å². The normalized spacial score (nSPS) is 17.5. The van der Waals surface area contributed by atoms with Gasteiger partial charge >= 0.3 is 5.97 Å². The zero-order chi connectivity index (χ0) is 12.5. The van der Waals surface area contributed by atoms with E-state index in [1.165, 1.54) is 19.3 Å². The van der Waals surface area contributed by atoms with Crippen LogP contribution in [0.25, 0.3) is 0 Å². The minimum absolute atomic E-state index is 0.231. The summed E-state index contributed by atoms with van der Waals surface area (Å²) in [6.45, 7) is 5.16. The van der Waals surface area contributed by atoms with Crippen molar-refractivity contribution in [1.29, 1.82) is 0 Å². The van der Waals surface area contributed by atoms with E-state index in [2.05, 4.69) is 11.9 Å². The number of aromatic nitrogens is 2. The molecule has 0 atom stereocenters. The highest BCUT2D eigenvalue weighted by Crippen LogP contribution is 2.42. The number of ether oxygens (including phenoxy) is 1. The molecule has 1 aromatic heterocycles. The van der Waals surface area contributed by atoms with Crippen molar-refractivity contribution < 1.29 is 9.53 Å². The number of rotatable bonds is 4. The highest BCUT2D eigenvalue weighted by atomic mass is 16.5. The Balaban J connectivity index is 2.12. The largest absolute Gasteiger partial charge is 0.461 e. The molecule has 2 rings (SSSR count). The van der Waals surface area contributed by atoms with Crippen molar-refractivity contribution in [1.82, 2.24) is 9.55 Å². The lowest BCUT2D eigenvalue weighted by Gasteiger charge is -2.38. The van der Waals surface area contributed by atoms with Gasteiger partial charge in [-0.3, -0.25) is 0 Å². The molecule has 0 radical (unpaired) electrons. The zero-order valence-corrected chi connectivity index (χ0v) is 10.4. The fourth-order valence-corrected chi connectivity index (χ4v) is 2.22. The molecule has 1 heterocycles. The Morgan fingerprint density at radius 1 is 1.65 bits per heavy atom. The van der Waals surface area contributed by atoms with Gasteiger partial charge in [-0.2, -0.15) is 0 Å². The van der Waals surface area contributed by atoms with Gasteiger partial charge in [0.15, 0.2) is 5.69 Å². The summed E-state index contributed by atoms with van der Waals surface area (Å²) in [5.74, 6) is -0.0286. The summed E-state index contributed by atoms with van der Waals surface area (Å²) in [5, 5.41) is 0. The second-order valence-corrected chi connectivity index (χ2v) is 4.99. The van der Waals surface area contributed by atoms with Crippen LogP contribution in [0.1, 0.15) is 43.6 Å². The number of imidazole rings is 1. The first-order chi connectivity index (χ1) is 8.06. The van der Waals surface area contributed by atoms with E-state index in [-0.39, 0.29) is 5.69 Å². The van der Waals surface area contributed by atoms with Crippen molar-refractivity contribution in [3.8, 4) is 0 Å². The Kier molecular flexibility index (Phi) is 3.09. The van der Waals surface area contributed by atoms with Gasteiger partial charge in [-0.15, -0.1) is 0 Å². The third kappa shape index (κ3) is 2.28. The van der Waals surface area contributed by atoms with Crippen LogP contribution in [0.15, 0.2) is 6.33 Å². The molecule has 1 aliphatic carbocycles. The first kappa shape index (κ1) is 12.0. The van der Waals surface area contributed by atoms with E-state index >= 15 is 0 Å². The standard InChI is InChI=1S/C12H19N3O2/c1-3-17-11(16)9-10(13)15(8-14-9)7-12(2)5-4-6-12/h8H,3-7,13H2,1-2H3. The molecule has 0 bridgehead atoms. The predicted molar refractivity (Wildman–Crippen MR) is 64.6 cm³/mol. The van der Waals surface area contributed by atoms with Crippen LogP contribution in [0.2, 0.25) is 0 Å². The van der Waals surface area contributed by atoms with Crippen molar-refractivity contribution in [3.63, 3.8) is 0 Å². The number of esters is 1. The number of nitrogens with two attached hydrogens (primary N) is 1. The van der Waals surface area contributed by atoms with Crippen LogP contribution >= 0.6 is 0 Å². The average Bonchev–Trinajstić information content (AvgIpc) is 2.59. The maximum absolute atomic E-state index is 11.5. The van der Waals surface area contributed by atoms with Gasteiger partial charge in [0.1, 0.15) is 5.82 Å². The van der Waals surface area contributed by atoms with Gasteiger partial charge in [0.25, 0.3) is 0 Å². The van der Waals surface area contributed by atoms with Gasteiger partial charge in [-0.1, -0.05) is 13.3 Å². The molecule has 5 heteroatoms. The zero-order valence-electron chi connectivity index (χ0n) is 10.4. The molecular formula is C12H19N3O2. The van der Waals surface area contributed by atoms with Crippen LogP contribution in [-0.4, -0.2) is 22.1 Å². The van der Waals surface area contributed by atoms with E-state index in [0.717, 1.165) is 6.54 Å². The monoisotopic (exact) mass is 237 g/mol. The Bertz CT molecular complexity index is 421. The number of carbonyl (C=O) groups excluding carboxylic acids is 1. The van der Waals surface area contributed by atoms with Crippen LogP contribution < -0.4 is 5.73 Å². The topological polar surface area (TPSA) is 70.1 Å². The molecule has 0 aliphatic heterocycles. The molecule has 5 nitrogen and oxygen atoms in total. The number of hydrogen-bond acceptors (Lipinski definition) is 4. The summed E-state index contributed by atoms with van der Waals surface area (Å²) in [4.78, 5) is 15.6. The highest BCUT2D eigenvalue weighted by molar-refractivity contribution is 5.92. The van der Waals surface area contributed by atoms with Crippen molar-refractivity contribution >= 4 is 11.8 Å². The van der Waals surface area contributed by atoms with Crippen LogP contribution in [0, 0.1) is 5.41 Å². The molecule has 0 aromatic carbocycles. The fourth-order valence-electron chi connectivity index (χ4n) is 2.22. The van der Waals surface area contributed by atoms with Crippen molar-refractivity contribution in [2.45, 2.75) is 39.7 Å². The van der Waals surface area contributed by atoms with Gasteiger partial charge in [-0.25, -0.2) is 9.78 Å². The number of hydrogen-bond donors (Lipinski definition) is 1. The Morgan fingerprint density at radius 2 is 2.35 bits per heavy atom. The van der Waals surface area contributed by atoms with Gasteiger partial charge in [0.2, 0.25) is 0 Å². The molecule has 2 N–H and O–H groups in total. The molecule has 1 fully saturated rings. The molecular weight excluding hydrogens is 218 g/mol. The number of anilines is 1. The minimum atomic E-state index is -0.442. The quantitative estimate of drug-likeness (QED) is 0.811. The van der Waals surface area contributed by atoms with E-state index in [1.54, 1.807) is 13.3 Å². The predicted octanol–water partition coefficient (Wildman–Crippen LogP) is 1.83. The molecule has 0 saturated heterocycles. The molecule has 0 spiro atoms. The van der Waals surface area contributed by atoms with Crippen molar-refractivity contribution in [2.24, 2.45) is 5.41 Å². The van der Waals surface area contributed by atoms with E-state index in [9.17, 15) is 4.79 Å². The lowest BCUT2D eigenvalue weighted by molar-refractivity contribution is 0.0521. The maximum Gasteiger partial charge on any atom is 0.360 e. The summed E-state index contributed by atoms with van der Waals surface area (Å²) in [5.41, 5.74) is 6.46. The molecule has 1 aromatic rings. The van der Waals surface area contributed by atoms with Crippen LogP contribution in [-0.2, 0) is 11.3 Å². The van der Waals surface area contributed by atoms with Gasteiger partial charge < -0.3 is 15.0 Å². The van der Waals surface area contributed by atoms with E-state index in [4.69, 9.17) is 10.5 Å². The summed E-state index contributed by atoms with van der Waals surface area (Å²) in [6, 6.07) is 0. The molecule has 1 aliphatic rings. The average molecular weight is 237 g/mol. The Morgan fingerprint density at radius 3 is 2.88 bits per heavy atom. The molecule has 0 unspecified atom stereocenters. The first-order valence-corrected chi connectivity index (χ1v) is 6.03. The lowest BCUT2D eigenvalue weighted by Crippen LogP contribution is -2.31. The Hall–Kier alpha value is -1.52. The van der Waals surface area contributed by atoms with Crippen molar-refractivity contribution in [2.75, 3.05) is 12.3 Å². The lowest BCUT2D eigenvalue weighted by atomic mass is 9.70. The fraction of sp³-hybridized carbons (Fsp3) is 0.667. The van der Waals surface area contributed by atoms with Crippen LogP contribution in [0.5, 0.6) is 0 Å². The molecule has 17 heavy (non-hydrogen) atoms. The number of carbonyl (C=O) groups is 1. The second-order valence-electron chi connectivity index (χ2n) is 4.99. The highest BCUT2D eigenvalue weighted by Gasteiger charge is 2.33. The number of nitrogen functional groups attached to an aromatic ring is 1.